The van der Waals surface area contributed by atoms with Crippen molar-refractivity contribution >= 4 is 21.6 Å². The molecule has 1 aromatic rings. The van der Waals surface area contributed by atoms with Gasteiger partial charge in [0.2, 0.25) is 5.95 Å². The molecule has 0 amide bonds. The molecule has 1 atom stereocenters. The summed E-state index contributed by atoms with van der Waals surface area (Å²) in [5.41, 5.74) is 0. The Morgan fingerprint density at radius 2 is 2.25 bits per heavy atom. The SMILES string of the molecule is CN(C)c1nccc(N2CCOC[C@H]2CS(C)(=O)=O)n1. The van der Waals surface area contributed by atoms with Crippen molar-refractivity contribution in [3.63, 3.8) is 0 Å². The minimum Gasteiger partial charge on any atom is -0.377 e. The number of hydrogen-bond acceptors (Lipinski definition) is 7. The van der Waals surface area contributed by atoms with Gasteiger partial charge in [-0.15, -0.1) is 0 Å². The second-order valence-corrected chi connectivity index (χ2v) is 7.31. The van der Waals surface area contributed by atoms with Crippen LogP contribution in [0, 0.1) is 0 Å². The maximum absolute atomic E-state index is 11.5. The molecule has 1 saturated heterocycles. The normalized spacial score (nSPS) is 19.9. The second kappa shape index (κ2) is 5.92. The molecular weight excluding hydrogens is 280 g/mol. The third kappa shape index (κ3) is 3.80. The first-order chi connectivity index (χ1) is 9.37. The molecule has 1 aliphatic rings. The van der Waals surface area contributed by atoms with E-state index in [0.29, 0.717) is 25.7 Å². The molecule has 0 N–H and O–H groups in total. The molecular formula is C12H20N4O3S. The Morgan fingerprint density at radius 3 is 2.90 bits per heavy atom. The van der Waals surface area contributed by atoms with Crippen molar-refractivity contribution in [1.82, 2.24) is 9.97 Å². The summed E-state index contributed by atoms with van der Waals surface area (Å²) < 4.78 is 28.5. The highest BCUT2D eigenvalue weighted by atomic mass is 32.2. The highest BCUT2D eigenvalue weighted by Crippen LogP contribution is 2.19. The second-order valence-electron chi connectivity index (χ2n) is 5.12. The third-order valence-corrected chi connectivity index (χ3v) is 4.04. The van der Waals surface area contributed by atoms with Crippen LogP contribution in [0.15, 0.2) is 12.3 Å². The molecule has 0 spiro atoms. The Balaban J connectivity index is 2.25. The van der Waals surface area contributed by atoms with E-state index in [-0.39, 0.29) is 11.8 Å². The number of sulfone groups is 1. The van der Waals surface area contributed by atoms with Crippen LogP contribution in [-0.2, 0) is 14.6 Å². The fourth-order valence-corrected chi connectivity index (χ4v) is 3.13. The van der Waals surface area contributed by atoms with E-state index < -0.39 is 9.84 Å². The minimum atomic E-state index is -3.07. The first-order valence-electron chi connectivity index (χ1n) is 6.39. The molecule has 112 valence electrons. The fraction of sp³-hybridized carbons (Fsp3) is 0.667. The molecule has 0 unspecified atom stereocenters. The van der Waals surface area contributed by atoms with Crippen LogP contribution < -0.4 is 9.80 Å². The van der Waals surface area contributed by atoms with Gasteiger partial charge in [-0.05, 0) is 6.07 Å². The zero-order valence-corrected chi connectivity index (χ0v) is 12.8. The lowest BCUT2D eigenvalue weighted by Crippen LogP contribution is -2.49. The summed E-state index contributed by atoms with van der Waals surface area (Å²) in [6, 6.07) is 1.59. The molecule has 7 nitrogen and oxygen atoms in total. The molecule has 1 aliphatic heterocycles. The molecule has 0 aromatic carbocycles. The van der Waals surface area contributed by atoms with Gasteiger partial charge in [0.15, 0.2) is 0 Å². The van der Waals surface area contributed by atoms with Crippen molar-refractivity contribution in [1.29, 1.82) is 0 Å². The van der Waals surface area contributed by atoms with Crippen LogP contribution in [0.4, 0.5) is 11.8 Å². The quantitative estimate of drug-likeness (QED) is 0.761. The Hall–Kier alpha value is -1.41. The average Bonchev–Trinajstić information content (AvgIpc) is 2.37. The summed E-state index contributed by atoms with van der Waals surface area (Å²) in [5.74, 6) is 1.40. The van der Waals surface area contributed by atoms with Gasteiger partial charge in [-0.3, -0.25) is 0 Å². The lowest BCUT2D eigenvalue weighted by Gasteiger charge is -2.36. The van der Waals surface area contributed by atoms with Gasteiger partial charge in [-0.25, -0.2) is 13.4 Å². The molecule has 2 heterocycles. The standard InChI is InChI=1S/C12H20N4O3S/c1-15(2)12-13-5-4-11(14-12)16-6-7-19-8-10(16)9-20(3,17)18/h4-5,10H,6-9H2,1-3H3/t10-/m0/s1. The number of morpholine rings is 1. The van der Waals surface area contributed by atoms with Crippen molar-refractivity contribution in [3.05, 3.63) is 12.3 Å². The summed E-state index contributed by atoms with van der Waals surface area (Å²) in [4.78, 5) is 12.4. The molecule has 0 aliphatic carbocycles. The summed E-state index contributed by atoms with van der Waals surface area (Å²) in [6.07, 6.45) is 2.93. The van der Waals surface area contributed by atoms with Gasteiger partial charge < -0.3 is 14.5 Å². The zero-order chi connectivity index (χ0) is 14.8. The van der Waals surface area contributed by atoms with Gasteiger partial charge in [-0.1, -0.05) is 0 Å². The molecule has 8 heteroatoms. The molecule has 0 saturated carbocycles. The molecule has 1 aromatic heterocycles. The Labute approximate surface area is 119 Å². The van der Waals surface area contributed by atoms with E-state index >= 15 is 0 Å². The van der Waals surface area contributed by atoms with Gasteiger partial charge >= 0.3 is 0 Å². The minimum absolute atomic E-state index is 0.0638. The number of ether oxygens (including phenoxy) is 1. The summed E-state index contributed by atoms with van der Waals surface area (Å²) in [7, 11) is 0.668. The van der Waals surface area contributed by atoms with E-state index in [9.17, 15) is 8.42 Å². The van der Waals surface area contributed by atoms with Gasteiger partial charge in [0.05, 0.1) is 25.0 Å². The van der Waals surface area contributed by atoms with Crippen LogP contribution in [0.25, 0.3) is 0 Å². The van der Waals surface area contributed by atoms with Gasteiger partial charge in [0.25, 0.3) is 0 Å². The summed E-state index contributed by atoms with van der Waals surface area (Å²) >= 11 is 0. The first-order valence-corrected chi connectivity index (χ1v) is 8.45. The number of rotatable bonds is 4. The van der Waals surface area contributed by atoms with E-state index in [0.717, 1.165) is 5.82 Å². The molecule has 20 heavy (non-hydrogen) atoms. The van der Waals surface area contributed by atoms with Crippen LogP contribution in [0.1, 0.15) is 0 Å². The van der Waals surface area contributed by atoms with Crippen LogP contribution in [0.2, 0.25) is 0 Å². The Bertz CT molecular complexity index is 562. The van der Waals surface area contributed by atoms with E-state index in [4.69, 9.17) is 4.74 Å². The predicted molar refractivity (Wildman–Crippen MR) is 78.0 cm³/mol. The van der Waals surface area contributed by atoms with Gasteiger partial charge in [-0.2, -0.15) is 4.98 Å². The van der Waals surface area contributed by atoms with Crippen molar-refractivity contribution < 1.29 is 13.2 Å². The van der Waals surface area contributed by atoms with Crippen molar-refractivity contribution in [3.8, 4) is 0 Å². The van der Waals surface area contributed by atoms with Crippen LogP contribution in [0.3, 0.4) is 0 Å². The number of hydrogen-bond donors (Lipinski definition) is 0. The largest absolute Gasteiger partial charge is 0.377 e. The zero-order valence-electron chi connectivity index (χ0n) is 12.0. The highest BCUT2D eigenvalue weighted by molar-refractivity contribution is 7.90. The number of nitrogens with zero attached hydrogens (tertiary/aromatic N) is 4. The molecule has 0 radical (unpaired) electrons. The third-order valence-electron chi connectivity index (χ3n) is 3.05. The molecule has 2 rings (SSSR count). The first kappa shape index (κ1) is 15.0. The van der Waals surface area contributed by atoms with Crippen LogP contribution in [0.5, 0.6) is 0 Å². The maximum atomic E-state index is 11.5. The van der Waals surface area contributed by atoms with E-state index in [1.54, 1.807) is 12.3 Å². The maximum Gasteiger partial charge on any atom is 0.226 e. The smallest absolute Gasteiger partial charge is 0.226 e. The lowest BCUT2D eigenvalue weighted by molar-refractivity contribution is 0.0992. The van der Waals surface area contributed by atoms with Crippen molar-refractivity contribution in [2.45, 2.75) is 6.04 Å². The van der Waals surface area contributed by atoms with E-state index in [2.05, 4.69) is 9.97 Å². The van der Waals surface area contributed by atoms with Crippen molar-refractivity contribution in [2.75, 3.05) is 55.7 Å². The number of aromatic nitrogens is 2. The highest BCUT2D eigenvalue weighted by Gasteiger charge is 2.27. The van der Waals surface area contributed by atoms with E-state index in [1.165, 1.54) is 6.26 Å². The summed E-state index contributed by atoms with van der Waals surface area (Å²) in [6.45, 7) is 1.60. The van der Waals surface area contributed by atoms with Gasteiger partial charge in [0.1, 0.15) is 15.7 Å². The van der Waals surface area contributed by atoms with Crippen LogP contribution >= 0.6 is 0 Å². The lowest BCUT2D eigenvalue weighted by atomic mass is 10.2. The monoisotopic (exact) mass is 300 g/mol. The summed E-state index contributed by atoms with van der Waals surface area (Å²) in [5, 5.41) is 0. The Kier molecular flexibility index (Phi) is 4.44. The molecule has 0 bridgehead atoms. The average molecular weight is 300 g/mol. The van der Waals surface area contributed by atoms with Gasteiger partial charge in [0, 0.05) is 33.1 Å². The van der Waals surface area contributed by atoms with Crippen molar-refractivity contribution in [2.24, 2.45) is 0 Å². The van der Waals surface area contributed by atoms with E-state index in [1.807, 2.05) is 23.9 Å². The van der Waals surface area contributed by atoms with Crippen LogP contribution in [-0.4, -0.2) is 70.3 Å². The Morgan fingerprint density at radius 1 is 1.50 bits per heavy atom. The fourth-order valence-electron chi connectivity index (χ4n) is 2.16. The number of anilines is 2. The topological polar surface area (TPSA) is 75.6 Å². The molecule has 1 fully saturated rings. The predicted octanol–water partition coefficient (Wildman–Crippen LogP) is -0.208.